The predicted octanol–water partition coefficient (Wildman–Crippen LogP) is 1.82. The van der Waals surface area contributed by atoms with E-state index in [0.717, 1.165) is 15.1 Å². The molecule has 8 heteroatoms. The zero-order chi connectivity index (χ0) is 16.9. The van der Waals surface area contributed by atoms with Gasteiger partial charge in [0, 0.05) is 22.8 Å². The molecular weight excluding hydrogens is 326 g/mol. The van der Waals surface area contributed by atoms with Gasteiger partial charge < -0.3 is 10.5 Å². The lowest BCUT2D eigenvalue weighted by Gasteiger charge is -1.98. The summed E-state index contributed by atoms with van der Waals surface area (Å²) in [6.07, 6.45) is 8.37. The van der Waals surface area contributed by atoms with Gasteiger partial charge in [0.25, 0.3) is 5.91 Å². The Morgan fingerprint density at radius 1 is 1.33 bits per heavy atom. The summed E-state index contributed by atoms with van der Waals surface area (Å²) < 4.78 is 6.34. The zero-order valence-electron chi connectivity index (χ0n) is 12.5. The fraction of sp³-hybridized carbons (Fsp3) is 0.125. The molecule has 3 rings (SSSR count). The summed E-state index contributed by atoms with van der Waals surface area (Å²) in [5.74, 6) is 2.46. The van der Waals surface area contributed by atoms with Crippen molar-refractivity contribution < 1.29 is 9.53 Å². The van der Waals surface area contributed by atoms with Crippen LogP contribution in [0.1, 0.15) is 14.5 Å². The van der Waals surface area contributed by atoms with E-state index in [-0.39, 0.29) is 18.5 Å². The van der Waals surface area contributed by atoms with E-state index >= 15 is 0 Å². The number of terminal acetylenes is 1. The number of pyridine rings is 1. The fourth-order valence-electron chi connectivity index (χ4n) is 1.98. The molecule has 0 aromatic carbocycles. The third-order valence-electron chi connectivity index (χ3n) is 3.07. The van der Waals surface area contributed by atoms with Gasteiger partial charge in [-0.3, -0.25) is 9.78 Å². The molecule has 0 saturated heterocycles. The van der Waals surface area contributed by atoms with Crippen LogP contribution in [0.4, 0.5) is 5.95 Å². The molecule has 7 nitrogen and oxygen atoms in total. The molecule has 24 heavy (non-hydrogen) atoms. The summed E-state index contributed by atoms with van der Waals surface area (Å²) in [5, 5.41) is 4.19. The SMILES string of the molecule is C#CCOCc1ccc(C(=O)n2nc(-c3ccncc3)nc2N)s1. The Labute approximate surface area is 142 Å². The van der Waals surface area contributed by atoms with Gasteiger partial charge in [-0.2, -0.15) is 9.67 Å². The second kappa shape index (κ2) is 7.04. The van der Waals surface area contributed by atoms with Gasteiger partial charge in [0.05, 0.1) is 11.5 Å². The summed E-state index contributed by atoms with van der Waals surface area (Å²) in [6.45, 7) is 0.587. The van der Waals surface area contributed by atoms with E-state index in [2.05, 4.69) is 21.0 Å². The highest BCUT2D eigenvalue weighted by atomic mass is 32.1. The maximum atomic E-state index is 12.6. The topological polar surface area (TPSA) is 95.9 Å². The number of thiophene rings is 1. The lowest BCUT2D eigenvalue weighted by atomic mass is 10.3. The highest BCUT2D eigenvalue weighted by Crippen LogP contribution is 2.21. The molecule has 0 aliphatic carbocycles. The van der Waals surface area contributed by atoms with Crippen LogP contribution in [0.25, 0.3) is 11.4 Å². The maximum Gasteiger partial charge on any atom is 0.291 e. The number of nitrogen functional groups attached to an aromatic ring is 1. The molecule has 0 unspecified atom stereocenters. The van der Waals surface area contributed by atoms with E-state index < -0.39 is 0 Å². The standard InChI is InChI=1S/C16H13N5O2S/c1-2-9-23-10-12-3-4-13(24-12)15(22)21-16(17)19-14(20-21)11-5-7-18-8-6-11/h1,3-8H,9-10H2,(H2,17,19,20). The summed E-state index contributed by atoms with van der Waals surface area (Å²) in [7, 11) is 0. The van der Waals surface area contributed by atoms with Crippen LogP contribution in [-0.2, 0) is 11.3 Å². The van der Waals surface area contributed by atoms with E-state index in [1.807, 2.05) is 6.07 Å². The molecule has 3 aromatic heterocycles. The van der Waals surface area contributed by atoms with Gasteiger partial charge >= 0.3 is 0 Å². The molecule has 0 aliphatic heterocycles. The van der Waals surface area contributed by atoms with Gasteiger partial charge in [-0.15, -0.1) is 22.9 Å². The molecule has 0 radical (unpaired) electrons. The largest absolute Gasteiger partial charge is 0.368 e. The fourth-order valence-corrected chi connectivity index (χ4v) is 2.85. The van der Waals surface area contributed by atoms with Gasteiger partial charge in [-0.1, -0.05) is 5.92 Å². The second-order valence-corrected chi connectivity index (χ2v) is 5.88. The molecule has 3 heterocycles. The normalized spacial score (nSPS) is 10.5. The molecule has 0 amide bonds. The quantitative estimate of drug-likeness (QED) is 0.563. The first-order valence-electron chi connectivity index (χ1n) is 6.96. The summed E-state index contributed by atoms with van der Waals surface area (Å²) in [6, 6.07) is 7.01. The number of rotatable bonds is 5. The van der Waals surface area contributed by atoms with Crippen LogP contribution in [0.5, 0.6) is 0 Å². The van der Waals surface area contributed by atoms with Crippen molar-refractivity contribution in [3.05, 3.63) is 46.4 Å². The van der Waals surface area contributed by atoms with Gasteiger partial charge in [-0.05, 0) is 24.3 Å². The van der Waals surface area contributed by atoms with Gasteiger partial charge in [0.1, 0.15) is 6.61 Å². The van der Waals surface area contributed by atoms with Crippen molar-refractivity contribution in [2.75, 3.05) is 12.3 Å². The van der Waals surface area contributed by atoms with Crippen LogP contribution in [-0.4, -0.2) is 32.3 Å². The number of carbonyl (C=O) groups excluding carboxylic acids is 1. The number of ether oxygens (including phenoxy) is 1. The molecule has 120 valence electrons. The highest BCUT2D eigenvalue weighted by Gasteiger charge is 2.18. The summed E-state index contributed by atoms with van der Waals surface area (Å²) >= 11 is 1.30. The number of nitrogens with zero attached hydrogens (tertiary/aromatic N) is 4. The molecule has 0 bridgehead atoms. The Morgan fingerprint density at radius 2 is 2.12 bits per heavy atom. The minimum atomic E-state index is -0.339. The van der Waals surface area contributed by atoms with Gasteiger partial charge in [0.2, 0.25) is 5.95 Å². The Bertz CT molecular complexity index is 895. The smallest absolute Gasteiger partial charge is 0.291 e. The van der Waals surface area contributed by atoms with Crippen LogP contribution >= 0.6 is 11.3 Å². The Hall–Kier alpha value is -3.02. The number of hydrogen-bond acceptors (Lipinski definition) is 7. The molecular formula is C16H13N5O2S. The Morgan fingerprint density at radius 3 is 2.88 bits per heavy atom. The maximum absolute atomic E-state index is 12.6. The predicted molar refractivity (Wildman–Crippen MR) is 90.2 cm³/mol. The van der Waals surface area contributed by atoms with E-state index in [1.165, 1.54) is 11.3 Å². The molecule has 2 N–H and O–H groups in total. The Kier molecular flexibility index (Phi) is 4.65. The number of nitrogens with two attached hydrogens (primary N) is 1. The van der Waals surface area contributed by atoms with Crippen molar-refractivity contribution in [1.82, 2.24) is 19.7 Å². The molecule has 0 spiro atoms. The van der Waals surface area contributed by atoms with Crippen molar-refractivity contribution in [3.8, 4) is 23.7 Å². The van der Waals surface area contributed by atoms with E-state index in [1.54, 1.807) is 30.6 Å². The molecule has 0 atom stereocenters. The van der Waals surface area contributed by atoms with E-state index in [4.69, 9.17) is 16.9 Å². The number of hydrogen-bond donors (Lipinski definition) is 1. The van der Waals surface area contributed by atoms with Crippen molar-refractivity contribution in [3.63, 3.8) is 0 Å². The lowest BCUT2D eigenvalue weighted by Crippen LogP contribution is -2.15. The minimum absolute atomic E-state index is 0.0327. The summed E-state index contributed by atoms with van der Waals surface area (Å²) in [4.78, 5) is 22.0. The van der Waals surface area contributed by atoms with Crippen LogP contribution in [0.2, 0.25) is 0 Å². The molecule has 0 fully saturated rings. The highest BCUT2D eigenvalue weighted by molar-refractivity contribution is 7.14. The van der Waals surface area contributed by atoms with Crippen LogP contribution < -0.4 is 5.73 Å². The van der Waals surface area contributed by atoms with Crippen molar-refractivity contribution in [1.29, 1.82) is 0 Å². The minimum Gasteiger partial charge on any atom is -0.368 e. The molecule has 0 aliphatic rings. The molecule has 0 saturated carbocycles. The van der Waals surface area contributed by atoms with Gasteiger partial charge in [0.15, 0.2) is 5.82 Å². The van der Waals surface area contributed by atoms with Crippen molar-refractivity contribution in [2.45, 2.75) is 6.61 Å². The van der Waals surface area contributed by atoms with E-state index in [0.29, 0.717) is 17.3 Å². The first-order valence-corrected chi connectivity index (χ1v) is 7.78. The van der Waals surface area contributed by atoms with Crippen LogP contribution in [0, 0.1) is 12.3 Å². The summed E-state index contributed by atoms with van der Waals surface area (Å²) in [5.41, 5.74) is 6.57. The van der Waals surface area contributed by atoms with Crippen LogP contribution in [0.3, 0.4) is 0 Å². The first kappa shape index (κ1) is 15.9. The van der Waals surface area contributed by atoms with Gasteiger partial charge in [-0.25, -0.2) is 0 Å². The monoisotopic (exact) mass is 339 g/mol. The average Bonchev–Trinajstić information content (AvgIpc) is 3.22. The number of aromatic nitrogens is 4. The first-order chi connectivity index (χ1) is 11.7. The second-order valence-electron chi connectivity index (χ2n) is 4.71. The lowest BCUT2D eigenvalue weighted by molar-refractivity contribution is 0.0952. The van der Waals surface area contributed by atoms with Crippen molar-refractivity contribution >= 4 is 23.2 Å². The van der Waals surface area contributed by atoms with Crippen molar-refractivity contribution in [2.24, 2.45) is 0 Å². The number of carbonyl (C=O) groups is 1. The third kappa shape index (κ3) is 3.32. The number of anilines is 1. The van der Waals surface area contributed by atoms with E-state index in [9.17, 15) is 4.79 Å². The van der Waals surface area contributed by atoms with Crippen LogP contribution in [0.15, 0.2) is 36.7 Å². The Balaban J connectivity index is 1.81. The molecule has 3 aromatic rings. The zero-order valence-corrected chi connectivity index (χ0v) is 13.4. The average molecular weight is 339 g/mol. The third-order valence-corrected chi connectivity index (χ3v) is 4.11.